The highest BCUT2D eigenvalue weighted by molar-refractivity contribution is 5.97. The summed E-state index contributed by atoms with van der Waals surface area (Å²) in [5.74, 6) is 1.92. The zero-order chi connectivity index (χ0) is 20.2. The topological polar surface area (TPSA) is 73.6 Å². The van der Waals surface area contributed by atoms with Crippen molar-refractivity contribution >= 4 is 5.91 Å². The van der Waals surface area contributed by atoms with Crippen molar-refractivity contribution in [3.05, 3.63) is 76.7 Å². The van der Waals surface area contributed by atoms with Crippen molar-refractivity contribution in [3.63, 3.8) is 0 Å². The third kappa shape index (κ3) is 4.11. The number of fused-ring (bicyclic) bond motifs is 1. The Morgan fingerprint density at radius 1 is 1.17 bits per heavy atom. The average Bonchev–Trinajstić information content (AvgIpc) is 2.93. The molecule has 0 saturated carbocycles. The molecule has 150 valence electrons. The Kier molecular flexibility index (Phi) is 5.51. The monoisotopic (exact) mass is 392 g/mol. The summed E-state index contributed by atoms with van der Waals surface area (Å²) in [5.41, 5.74) is 3.20. The molecule has 1 N–H and O–H groups in total. The molecule has 2 heterocycles. The summed E-state index contributed by atoms with van der Waals surface area (Å²) in [6, 6.07) is 15.0. The number of nitrogens with one attached hydrogen (secondary N) is 1. The number of rotatable bonds is 5. The lowest BCUT2D eigenvalue weighted by Crippen LogP contribution is -2.28. The van der Waals surface area contributed by atoms with Crippen LogP contribution in [0.15, 0.2) is 53.1 Å². The number of para-hydroxylation sites is 2. The maximum absolute atomic E-state index is 13.1. The van der Waals surface area contributed by atoms with E-state index in [-0.39, 0.29) is 11.9 Å². The SMILES string of the molecule is Cc1noc(C)c1COc1ccccc1C(=O)N[C@H]1CCCOc2ccccc21. The van der Waals surface area contributed by atoms with Crippen LogP contribution >= 0.6 is 0 Å². The maximum Gasteiger partial charge on any atom is 0.255 e. The van der Waals surface area contributed by atoms with Gasteiger partial charge < -0.3 is 19.3 Å². The average molecular weight is 392 g/mol. The number of amides is 1. The molecule has 0 spiro atoms. The fourth-order valence-electron chi connectivity index (χ4n) is 3.55. The number of aryl methyl sites for hydroxylation is 2. The van der Waals surface area contributed by atoms with E-state index in [9.17, 15) is 4.79 Å². The van der Waals surface area contributed by atoms with Crippen LogP contribution in [-0.2, 0) is 6.61 Å². The fraction of sp³-hybridized carbons (Fsp3) is 0.304. The number of carbonyl (C=O) groups excluding carboxylic acids is 1. The van der Waals surface area contributed by atoms with Crippen molar-refractivity contribution in [1.82, 2.24) is 10.5 Å². The van der Waals surface area contributed by atoms with Crippen molar-refractivity contribution in [2.75, 3.05) is 6.61 Å². The third-order valence-electron chi connectivity index (χ3n) is 5.18. The van der Waals surface area contributed by atoms with Gasteiger partial charge in [0.15, 0.2) is 0 Å². The molecule has 6 heteroatoms. The van der Waals surface area contributed by atoms with Gasteiger partial charge in [-0.2, -0.15) is 0 Å². The van der Waals surface area contributed by atoms with E-state index in [2.05, 4.69) is 10.5 Å². The minimum Gasteiger partial charge on any atom is -0.493 e. The van der Waals surface area contributed by atoms with Crippen molar-refractivity contribution in [1.29, 1.82) is 0 Å². The molecule has 0 bridgehead atoms. The van der Waals surface area contributed by atoms with Gasteiger partial charge in [-0.15, -0.1) is 0 Å². The van der Waals surface area contributed by atoms with E-state index in [4.69, 9.17) is 14.0 Å². The van der Waals surface area contributed by atoms with Crippen LogP contribution in [0, 0.1) is 13.8 Å². The van der Waals surface area contributed by atoms with Crippen LogP contribution in [0.3, 0.4) is 0 Å². The minimum atomic E-state index is -0.166. The molecule has 1 atom stereocenters. The maximum atomic E-state index is 13.1. The van der Waals surface area contributed by atoms with Crippen molar-refractivity contribution in [3.8, 4) is 11.5 Å². The Bertz CT molecular complexity index is 992. The summed E-state index contributed by atoms with van der Waals surface area (Å²) in [4.78, 5) is 13.1. The van der Waals surface area contributed by atoms with Gasteiger partial charge in [-0.25, -0.2) is 0 Å². The highest BCUT2D eigenvalue weighted by atomic mass is 16.5. The van der Waals surface area contributed by atoms with Gasteiger partial charge in [-0.05, 0) is 44.9 Å². The van der Waals surface area contributed by atoms with E-state index < -0.39 is 0 Å². The van der Waals surface area contributed by atoms with E-state index in [0.29, 0.717) is 24.5 Å². The van der Waals surface area contributed by atoms with Crippen molar-refractivity contribution < 1.29 is 18.8 Å². The quantitative estimate of drug-likeness (QED) is 0.691. The normalized spacial score (nSPS) is 15.7. The minimum absolute atomic E-state index is 0.100. The Morgan fingerprint density at radius 3 is 2.79 bits per heavy atom. The van der Waals surface area contributed by atoms with Crippen LogP contribution < -0.4 is 14.8 Å². The second-order valence-corrected chi connectivity index (χ2v) is 7.14. The first-order valence-electron chi connectivity index (χ1n) is 9.79. The highest BCUT2D eigenvalue weighted by Crippen LogP contribution is 2.32. The first kappa shape index (κ1) is 19.1. The number of benzene rings is 2. The second-order valence-electron chi connectivity index (χ2n) is 7.14. The van der Waals surface area contributed by atoms with Crippen LogP contribution in [0.4, 0.5) is 0 Å². The predicted octanol–water partition coefficient (Wildman–Crippen LogP) is 4.51. The summed E-state index contributed by atoms with van der Waals surface area (Å²) in [6.07, 6.45) is 1.70. The summed E-state index contributed by atoms with van der Waals surface area (Å²) in [5, 5.41) is 7.11. The Morgan fingerprint density at radius 2 is 1.97 bits per heavy atom. The molecule has 0 fully saturated rings. The molecule has 0 saturated heterocycles. The van der Waals surface area contributed by atoms with E-state index in [1.54, 1.807) is 12.1 Å². The van der Waals surface area contributed by atoms with Gasteiger partial charge in [0.2, 0.25) is 0 Å². The van der Waals surface area contributed by atoms with Gasteiger partial charge in [0.25, 0.3) is 5.91 Å². The molecule has 6 nitrogen and oxygen atoms in total. The first-order chi connectivity index (χ1) is 14.1. The van der Waals surface area contributed by atoms with E-state index >= 15 is 0 Å². The summed E-state index contributed by atoms with van der Waals surface area (Å²) in [7, 11) is 0. The molecular weight excluding hydrogens is 368 g/mol. The molecule has 1 aliphatic rings. The first-order valence-corrected chi connectivity index (χ1v) is 9.79. The molecule has 1 amide bonds. The summed E-state index contributed by atoms with van der Waals surface area (Å²) < 4.78 is 16.9. The van der Waals surface area contributed by atoms with Gasteiger partial charge in [-0.3, -0.25) is 4.79 Å². The van der Waals surface area contributed by atoms with E-state index in [1.807, 2.05) is 50.2 Å². The fourth-order valence-corrected chi connectivity index (χ4v) is 3.55. The molecular formula is C23H24N2O4. The van der Waals surface area contributed by atoms with Crippen LogP contribution in [0.25, 0.3) is 0 Å². The molecule has 4 rings (SSSR count). The molecule has 0 radical (unpaired) electrons. The lowest BCUT2D eigenvalue weighted by atomic mass is 10.0. The zero-order valence-electron chi connectivity index (χ0n) is 16.6. The summed E-state index contributed by atoms with van der Waals surface area (Å²) in [6.45, 7) is 4.67. The molecule has 0 unspecified atom stereocenters. The van der Waals surface area contributed by atoms with Crippen LogP contribution in [-0.4, -0.2) is 17.7 Å². The van der Waals surface area contributed by atoms with Gasteiger partial charge in [0.1, 0.15) is 23.9 Å². The van der Waals surface area contributed by atoms with Gasteiger partial charge in [0, 0.05) is 5.56 Å². The standard InChI is InChI=1S/C23H24N2O4/c1-15-19(16(2)29-25-15)14-28-22-12-6-4-9-18(22)23(26)24-20-10-7-13-27-21-11-5-3-8-17(20)21/h3-6,8-9,11-12,20H,7,10,13-14H2,1-2H3,(H,24,26)/t20-/m0/s1. The number of aromatic nitrogens is 1. The molecule has 0 aliphatic carbocycles. The van der Waals surface area contributed by atoms with E-state index in [1.165, 1.54) is 0 Å². The number of ether oxygens (including phenoxy) is 2. The lowest BCUT2D eigenvalue weighted by molar-refractivity contribution is 0.0930. The third-order valence-corrected chi connectivity index (χ3v) is 5.18. The number of hydrogen-bond acceptors (Lipinski definition) is 5. The molecule has 1 aliphatic heterocycles. The predicted molar refractivity (Wildman–Crippen MR) is 108 cm³/mol. The van der Waals surface area contributed by atoms with Crippen molar-refractivity contribution in [2.45, 2.75) is 39.3 Å². The molecule has 3 aromatic rings. The van der Waals surface area contributed by atoms with Crippen LogP contribution in [0.5, 0.6) is 11.5 Å². The number of carbonyl (C=O) groups is 1. The number of nitrogens with zero attached hydrogens (tertiary/aromatic N) is 1. The smallest absolute Gasteiger partial charge is 0.255 e. The van der Waals surface area contributed by atoms with Crippen LogP contribution in [0.2, 0.25) is 0 Å². The Labute approximate surface area is 169 Å². The zero-order valence-corrected chi connectivity index (χ0v) is 16.6. The second kappa shape index (κ2) is 8.39. The Hall–Kier alpha value is -3.28. The summed E-state index contributed by atoms with van der Waals surface area (Å²) >= 11 is 0. The van der Waals surface area contributed by atoms with Gasteiger partial charge >= 0.3 is 0 Å². The van der Waals surface area contributed by atoms with Gasteiger partial charge in [-0.1, -0.05) is 35.5 Å². The molecule has 2 aromatic carbocycles. The Balaban J connectivity index is 1.52. The highest BCUT2D eigenvalue weighted by Gasteiger charge is 2.23. The molecule has 1 aromatic heterocycles. The van der Waals surface area contributed by atoms with E-state index in [0.717, 1.165) is 41.2 Å². The van der Waals surface area contributed by atoms with Gasteiger partial charge in [0.05, 0.1) is 29.5 Å². The van der Waals surface area contributed by atoms with Crippen LogP contribution in [0.1, 0.15) is 51.8 Å². The molecule has 29 heavy (non-hydrogen) atoms. The largest absolute Gasteiger partial charge is 0.493 e. The lowest BCUT2D eigenvalue weighted by Gasteiger charge is -2.19. The van der Waals surface area contributed by atoms with Crippen molar-refractivity contribution in [2.24, 2.45) is 0 Å². The number of hydrogen-bond donors (Lipinski definition) is 1.